The normalized spacial score (nSPS) is 10.7. The summed E-state index contributed by atoms with van der Waals surface area (Å²) in [5.74, 6) is -0.482. The first-order valence-corrected chi connectivity index (χ1v) is 9.79. The van der Waals surface area contributed by atoms with Crippen LogP contribution in [-0.2, 0) is 14.2 Å². The number of phenols is 2. The Hall–Kier alpha value is -3.01. The van der Waals surface area contributed by atoms with Gasteiger partial charge in [0.05, 0.1) is 33.5 Å². The van der Waals surface area contributed by atoms with Crippen molar-refractivity contribution in [2.24, 2.45) is 5.73 Å². The zero-order valence-corrected chi connectivity index (χ0v) is 18.0. The Morgan fingerprint density at radius 2 is 1.58 bits per heavy atom. The zero-order chi connectivity index (χ0) is 22.8. The Bertz CT molecular complexity index is 861. The summed E-state index contributed by atoms with van der Waals surface area (Å²) in [5.41, 5.74) is 6.65. The van der Waals surface area contributed by atoms with Crippen LogP contribution in [0.1, 0.15) is 21.5 Å². The molecule has 0 aliphatic rings. The predicted octanol–water partition coefficient (Wildman–Crippen LogP) is 2.66. The van der Waals surface area contributed by atoms with Crippen LogP contribution in [0.3, 0.4) is 0 Å². The summed E-state index contributed by atoms with van der Waals surface area (Å²) in [6, 6.07) is 6.15. The van der Waals surface area contributed by atoms with Gasteiger partial charge in [-0.3, -0.25) is 0 Å². The summed E-state index contributed by atoms with van der Waals surface area (Å²) in [5, 5.41) is 20.7. The first-order valence-electron chi connectivity index (χ1n) is 9.79. The molecule has 0 atom stereocenters. The van der Waals surface area contributed by atoms with Crippen molar-refractivity contribution in [1.29, 1.82) is 0 Å². The highest BCUT2D eigenvalue weighted by Gasteiger charge is 2.18. The van der Waals surface area contributed by atoms with Crippen molar-refractivity contribution in [3.63, 3.8) is 0 Å². The topological polar surface area (TPSA) is 130 Å². The lowest BCUT2D eigenvalue weighted by molar-refractivity contribution is 0.0384. The van der Waals surface area contributed by atoms with E-state index >= 15 is 0 Å². The van der Waals surface area contributed by atoms with Crippen molar-refractivity contribution in [2.75, 3.05) is 46.7 Å². The van der Waals surface area contributed by atoms with E-state index in [1.807, 2.05) is 6.92 Å². The Kier molecular flexibility index (Phi) is 9.39. The van der Waals surface area contributed by atoms with E-state index < -0.39 is 5.97 Å². The minimum absolute atomic E-state index is 0.0563. The second-order valence-electron chi connectivity index (χ2n) is 6.70. The number of aryl methyl sites for hydroxylation is 2. The number of methoxy groups -OCH3 is 1. The molecule has 0 aromatic heterocycles. The Labute approximate surface area is 181 Å². The van der Waals surface area contributed by atoms with E-state index in [9.17, 15) is 15.0 Å². The molecule has 0 amide bonds. The maximum atomic E-state index is 11.8. The molecule has 0 heterocycles. The molecule has 2 aromatic rings. The number of aromatic hydroxyl groups is 2. The van der Waals surface area contributed by atoms with Crippen LogP contribution in [0.15, 0.2) is 24.3 Å². The molecule has 0 radical (unpaired) electrons. The van der Waals surface area contributed by atoms with E-state index in [-0.39, 0.29) is 40.9 Å². The van der Waals surface area contributed by atoms with Crippen LogP contribution >= 0.6 is 0 Å². The molecular weight excluding hydrogens is 406 g/mol. The molecule has 0 aliphatic heterocycles. The highest BCUT2D eigenvalue weighted by Crippen LogP contribution is 2.41. The SMILES string of the molecule is COC(=O)c1c(C)cc(Oc2cc(C)cc(OCCOCCOCCN)c2O)cc1O. The third-order valence-electron chi connectivity index (χ3n) is 4.21. The van der Waals surface area contributed by atoms with Gasteiger partial charge in [0.25, 0.3) is 0 Å². The predicted molar refractivity (Wildman–Crippen MR) is 113 cm³/mol. The number of carbonyl (C=O) groups is 1. The fourth-order valence-corrected chi connectivity index (χ4v) is 2.81. The Morgan fingerprint density at radius 1 is 0.935 bits per heavy atom. The maximum Gasteiger partial charge on any atom is 0.341 e. The van der Waals surface area contributed by atoms with Crippen LogP contribution in [0.5, 0.6) is 28.7 Å². The first kappa shape index (κ1) is 24.3. The molecule has 9 nitrogen and oxygen atoms in total. The van der Waals surface area contributed by atoms with Crippen molar-refractivity contribution < 1.29 is 38.7 Å². The number of ether oxygens (including phenoxy) is 5. The second-order valence-corrected chi connectivity index (χ2v) is 6.70. The molecule has 0 fully saturated rings. The lowest BCUT2D eigenvalue weighted by Crippen LogP contribution is -2.14. The van der Waals surface area contributed by atoms with Gasteiger partial charge >= 0.3 is 5.97 Å². The van der Waals surface area contributed by atoms with E-state index in [1.165, 1.54) is 13.2 Å². The number of rotatable bonds is 12. The molecule has 2 rings (SSSR count). The molecule has 4 N–H and O–H groups in total. The Balaban J connectivity index is 2.03. The average Bonchev–Trinajstić information content (AvgIpc) is 2.72. The van der Waals surface area contributed by atoms with Gasteiger partial charge in [0.1, 0.15) is 23.7 Å². The molecule has 0 saturated heterocycles. The van der Waals surface area contributed by atoms with Crippen LogP contribution in [0.2, 0.25) is 0 Å². The van der Waals surface area contributed by atoms with E-state index in [1.54, 1.807) is 25.1 Å². The van der Waals surface area contributed by atoms with Gasteiger partial charge in [-0.1, -0.05) is 0 Å². The van der Waals surface area contributed by atoms with Gasteiger partial charge in [-0.05, 0) is 43.2 Å². The average molecular weight is 435 g/mol. The number of phenolic OH excluding ortho intramolecular Hbond substituents is 2. The minimum atomic E-state index is -0.649. The van der Waals surface area contributed by atoms with Crippen LogP contribution in [0, 0.1) is 13.8 Å². The summed E-state index contributed by atoms with van der Waals surface area (Å²) in [6.45, 7) is 5.84. The van der Waals surface area contributed by atoms with E-state index in [0.29, 0.717) is 38.5 Å². The lowest BCUT2D eigenvalue weighted by atomic mass is 10.1. The number of hydrogen-bond donors (Lipinski definition) is 3. The molecule has 2 aromatic carbocycles. The quantitative estimate of drug-likeness (QED) is 0.340. The van der Waals surface area contributed by atoms with Crippen LogP contribution < -0.4 is 15.2 Å². The molecule has 170 valence electrons. The van der Waals surface area contributed by atoms with Crippen molar-refractivity contribution in [2.45, 2.75) is 13.8 Å². The highest BCUT2D eigenvalue weighted by atomic mass is 16.5. The van der Waals surface area contributed by atoms with E-state index in [2.05, 4.69) is 4.74 Å². The third kappa shape index (κ3) is 7.02. The van der Waals surface area contributed by atoms with Gasteiger partial charge in [-0.2, -0.15) is 0 Å². The molecule has 0 unspecified atom stereocenters. The second kappa shape index (κ2) is 12.0. The molecule has 0 spiro atoms. The fourth-order valence-electron chi connectivity index (χ4n) is 2.81. The zero-order valence-electron chi connectivity index (χ0n) is 18.0. The summed E-state index contributed by atoms with van der Waals surface area (Å²) < 4.78 is 26.6. The molecule has 31 heavy (non-hydrogen) atoms. The summed E-state index contributed by atoms with van der Waals surface area (Å²) in [4.78, 5) is 11.8. The maximum absolute atomic E-state index is 11.8. The molecule has 0 bridgehead atoms. The number of benzene rings is 2. The first-order chi connectivity index (χ1) is 14.9. The molecule has 0 aliphatic carbocycles. The largest absolute Gasteiger partial charge is 0.507 e. The number of nitrogens with two attached hydrogens (primary N) is 1. The van der Waals surface area contributed by atoms with E-state index in [0.717, 1.165) is 5.56 Å². The summed E-state index contributed by atoms with van der Waals surface area (Å²) in [6.07, 6.45) is 0. The number of esters is 1. The van der Waals surface area contributed by atoms with Crippen LogP contribution in [-0.4, -0.2) is 62.9 Å². The van der Waals surface area contributed by atoms with Crippen LogP contribution in [0.4, 0.5) is 0 Å². The minimum Gasteiger partial charge on any atom is -0.507 e. The van der Waals surface area contributed by atoms with Gasteiger partial charge in [-0.25, -0.2) is 4.79 Å². The van der Waals surface area contributed by atoms with Gasteiger partial charge < -0.3 is 39.6 Å². The molecule has 9 heteroatoms. The highest BCUT2D eigenvalue weighted by molar-refractivity contribution is 5.94. The standard InChI is InChI=1S/C22H29NO8/c1-14-10-18(30-9-8-29-7-6-28-5-4-23)21(25)19(11-14)31-16-12-15(2)20(17(24)13-16)22(26)27-3/h10-13,24-25H,4-9,23H2,1-3H3. The van der Waals surface area contributed by atoms with Gasteiger partial charge in [-0.15, -0.1) is 0 Å². The smallest absolute Gasteiger partial charge is 0.341 e. The van der Waals surface area contributed by atoms with Crippen molar-refractivity contribution in [3.05, 3.63) is 41.0 Å². The molecule has 0 saturated carbocycles. The lowest BCUT2D eigenvalue weighted by Gasteiger charge is -2.15. The van der Waals surface area contributed by atoms with Crippen molar-refractivity contribution >= 4 is 5.97 Å². The summed E-state index contributed by atoms with van der Waals surface area (Å²) in [7, 11) is 1.23. The van der Waals surface area contributed by atoms with Gasteiger partial charge in [0, 0.05) is 12.6 Å². The number of hydrogen-bond acceptors (Lipinski definition) is 9. The third-order valence-corrected chi connectivity index (χ3v) is 4.21. The van der Waals surface area contributed by atoms with Gasteiger partial charge in [0.15, 0.2) is 11.5 Å². The Morgan fingerprint density at radius 3 is 2.23 bits per heavy atom. The monoisotopic (exact) mass is 435 g/mol. The van der Waals surface area contributed by atoms with Crippen molar-refractivity contribution in [1.82, 2.24) is 0 Å². The summed E-state index contributed by atoms with van der Waals surface area (Å²) >= 11 is 0. The van der Waals surface area contributed by atoms with Crippen LogP contribution in [0.25, 0.3) is 0 Å². The fraction of sp³-hybridized carbons (Fsp3) is 0.409. The van der Waals surface area contributed by atoms with Crippen molar-refractivity contribution in [3.8, 4) is 28.7 Å². The van der Waals surface area contributed by atoms with Gasteiger partial charge in [0.2, 0.25) is 5.75 Å². The molecular formula is C22H29NO8. The van der Waals surface area contributed by atoms with E-state index in [4.69, 9.17) is 24.7 Å². The number of carbonyl (C=O) groups excluding carboxylic acids is 1.